The zero-order valence-electron chi connectivity index (χ0n) is 18.7. The normalized spacial score (nSPS) is 18.8. The number of hydrogen-bond donors (Lipinski definition) is 1. The number of nitrogens with zero attached hydrogens (tertiary/aromatic N) is 3. The summed E-state index contributed by atoms with van der Waals surface area (Å²) < 4.78 is 28.8. The molecule has 8 heteroatoms. The standard InChI is InChI=1S/C24H32N4O3S/c1-19(21-9-8-12-25-18-21)26-24(29)20-10-11-22(27-13-4-2-5-14-27)23(17-20)32(30,31)28-15-6-3-7-16-28/h8-12,17-19H,2-7,13-16H2,1H3,(H,26,29). The highest BCUT2D eigenvalue weighted by Crippen LogP contribution is 2.32. The summed E-state index contributed by atoms with van der Waals surface area (Å²) in [5.41, 5.74) is 1.97. The van der Waals surface area contributed by atoms with Crippen molar-refractivity contribution in [3.8, 4) is 0 Å². The monoisotopic (exact) mass is 456 g/mol. The molecule has 2 fully saturated rings. The number of carbonyl (C=O) groups excluding carboxylic acids is 1. The van der Waals surface area contributed by atoms with Crippen molar-refractivity contribution in [3.05, 3.63) is 53.9 Å². The highest BCUT2D eigenvalue weighted by atomic mass is 32.2. The molecule has 0 aliphatic carbocycles. The van der Waals surface area contributed by atoms with Crippen molar-refractivity contribution in [1.82, 2.24) is 14.6 Å². The summed E-state index contributed by atoms with van der Waals surface area (Å²) >= 11 is 0. The van der Waals surface area contributed by atoms with Gasteiger partial charge < -0.3 is 10.2 Å². The average molecular weight is 457 g/mol. The molecule has 1 aromatic heterocycles. The van der Waals surface area contributed by atoms with Crippen LogP contribution < -0.4 is 10.2 Å². The van der Waals surface area contributed by atoms with E-state index in [0.717, 1.165) is 57.2 Å². The van der Waals surface area contributed by atoms with Gasteiger partial charge >= 0.3 is 0 Å². The molecule has 0 bridgehead atoms. The van der Waals surface area contributed by atoms with Gasteiger partial charge in [-0.15, -0.1) is 0 Å². The predicted octanol–water partition coefficient (Wildman–Crippen LogP) is 3.74. The summed E-state index contributed by atoms with van der Waals surface area (Å²) in [5.74, 6) is -0.290. The maximum Gasteiger partial charge on any atom is 0.251 e. The van der Waals surface area contributed by atoms with Gasteiger partial charge in [0, 0.05) is 44.1 Å². The fourth-order valence-corrected chi connectivity index (χ4v) is 6.25. The molecule has 3 heterocycles. The lowest BCUT2D eigenvalue weighted by Crippen LogP contribution is -2.38. The van der Waals surface area contributed by atoms with Crippen molar-refractivity contribution < 1.29 is 13.2 Å². The smallest absolute Gasteiger partial charge is 0.251 e. The van der Waals surface area contributed by atoms with Crippen LogP contribution in [0.25, 0.3) is 0 Å². The average Bonchev–Trinajstić information content (AvgIpc) is 2.85. The number of rotatable bonds is 6. The number of benzene rings is 1. The Kier molecular flexibility index (Phi) is 7.10. The van der Waals surface area contributed by atoms with E-state index in [1.165, 1.54) is 0 Å². The molecule has 1 atom stereocenters. The van der Waals surface area contributed by atoms with Gasteiger partial charge in [0.15, 0.2) is 0 Å². The fraction of sp³-hybridized carbons (Fsp3) is 0.500. The molecule has 0 spiro atoms. The molecule has 1 unspecified atom stereocenters. The Labute approximate surface area is 190 Å². The number of sulfonamides is 1. The molecule has 1 amide bonds. The van der Waals surface area contributed by atoms with E-state index >= 15 is 0 Å². The summed E-state index contributed by atoms with van der Waals surface area (Å²) in [6.45, 7) is 4.65. The van der Waals surface area contributed by atoms with Gasteiger partial charge in [0.25, 0.3) is 5.91 Å². The van der Waals surface area contributed by atoms with Crippen LogP contribution in [0.15, 0.2) is 47.6 Å². The van der Waals surface area contributed by atoms with E-state index in [1.54, 1.807) is 28.8 Å². The van der Waals surface area contributed by atoms with E-state index in [0.29, 0.717) is 24.3 Å². The lowest BCUT2D eigenvalue weighted by molar-refractivity contribution is 0.0939. The summed E-state index contributed by atoms with van der Waals surface area (Å²) in [6.07, 6.45) is 9.48. The molecule has 32 heavy (non-hydrogen) atoms. The first kappa shape index (κ1) is 22.7. The molecule has 1 N–H and O–H groups in total. The third kappa shape index (κ3) is 4.96. The van der Waals surface area contributed by atoms with Gasteiger partial charge in [-0.25, -0.2) is 8.42 Å². The van der Waals surface area contributed by atoms with Crippen LogP contribution in [-0.2, 0) is 10.0 Å². The van der Waals surface area contributed by atoms with Crippen LogP contribution in [0.4, 0.5) is 5.69 Å². The molecule has 2 aliphatic heterocycles. The van der Waals surface area contributed by atoms with Gasteiger partial charge in [-0.1, -0.05) is 12.5 Å². The summed E-state index contributed by atoms with van der Waals surface area (Å²) in [4.78, 5) is 19.5. The second kappa shape index (κ2) is 10.0. The minimum Gasteiger partial charge on any atom is -0.370 e. The minimum absolute atomic E-state index is 0.236. The van der Waals surface area contributed by atoms with E-state index in [9.17, 15) is 13.2 Å². The van der Waals surface area contributed by atoms with Crippen molar-refractivity contribution in [3.63, 3.8) is 0 Å². The van der Waals surface area contributed by atoms with Crippen LogP contribution in [-0.4, -0.2) is 49.8 Å². The third-order valence-corrected chi connectivity index (χ3v) is 8.31. The second-order valence-electron chi connectivity index (χ2n) is 8.68. The molecule has 0 radical (unpaired) electrons. The highest BCUT2D eigenvalue weighted by molar-refractivity contribution is 7.89. The molecular formula is C24H32N4O3S. The maximum atomic E-state index is 13.6. The number of carbonyl (C=O) groups is 1. The van der Waals surface area contributed by atoms with Gasteiger partial charge in [0.2, 0.25) is 10.0 Å². The van der Waals surface area contributed by atoms with Gasteiger partial charge in [0.1, 0.15) is 4.90 Å². The number of piperidine rings is 2. The first-order chi connectivity index (χ1) is 15.5. The summed E-state index contributed by atoms with van der Waals surface area (Å²) in [5, 5.41) is 2.97. The molecule has 2 aromatic rings. The van der Waals surface area contributed by atoms with Crippen LogP contribution >= 0.6 is 0 Å². The van der Waals surface area contributed by atoms with Gasteiger partial charge in [-0.2, -0.15) is 4.31 Å². The molecule has 172 valence electrons. The molecule has 4 rings (SSSR count). The fourth-order valence-electron chi connectivity index (χ4n) is 4.50. The van der Waals surface area contributed by atoms with Crippen molar-refractivity contribution in [2.24, 2.45) is 0 Å². The molecule has 2 saturated heterocycles. The van der Waals surface area contributed by atoms with E-state index in [1.807, 2.05) is 25.1 Å². The Hall–Kier alpha value is -2.45. The SMILES string of the molecule is CC(NC(=O)c1ccc(N2CCCCC2)c(S(=O)(=O)N2CCCCC2)c1)c1cccnc1. The second-order valence-corrected chi connectivity index (χ2v) is 10.6. The Balaban J connectivity index is 1.65. The lowest BCUT2D eigenvalue weighted by atomic mass is 10.1. The van der Waals surface area contributed by atoms with Crippen molar-refractivity contribution in [2.75, 3.05) is 31.1 Å². The highest BCUT2D eigenvalue weighted by Gasteiger charge is 2.31. The Bertz CT molecular complexity index is 1030. The van der Waals surface area contributed by atoms with E-state index < -0.39 is 10.0 Å². The van der Waals surface area contributed by atoms with Crippen LogP contribution in [0, 0.1) is 0 Å². The molecule has 7 nitrogen and oxygen atoms in total. The third-order valence-electron chi connectivity index (χ3n) is 6.38. The van der Waals surface area contributed by atoms with Crippen LogP contribution in [0.5, 0.6) is 0 Å². The maximum absolute atomic E-state index is 13.6. The van der Waals surface area contributed by atoms with Crippen LogP contribution in [0.1, 0.15) is 67.4 Å². The van der Waals surface area contributed by atoms with Crippen LogP contribution in [0.3, 0.4) is 0 Å². The van der Waals surface area contributed by atoms with Gasteiger partial charge in [-0.05, 0) is 68.9 Å². The number of aromatic nitrogens is 1. The number of anilines is 1. The number of amides is 1. The first-order valence-electron chi connectivity index (χ1n) is 11.6. The quantitative estimate of drug-likeness (QED) is 0.716. The zero-order chi connectivity index (χ0) is 22.6. The Morgan fingerprint density at radius 1 is 1.00 bits per heavy atom. The molecule has 2 aliphatic rings. The van der Waals surface area contributed by atoms with Crippen molar-refractivity contribution in [1.29, 1.82) is 0 Å². The molecular weight excluding hydrogens is 424 g/mol. The summed E-state index contributed by atoms with van der Waals surface area (Å²) in [7, 11) is -3.68. The largest absolute Gasteiger partial charge is 0.370 e. The van der Waals surface area contributed by atoms with Crippen molar-refractivity contribution in [2.45, 2.75) is 56.4 Å². The first-order valence-corrected chi connectivity index (χ1v) is 13.0. The zero-order valence-corrected chi connectivity index (χ0v) is 19.5. The Morgan fingerprint density at radius 3 is 2.34 bits per heavy atom. The topological polar surface area (TPSA) is 82.6 Å². The van der Waals surface area contributed by atoms with Gasteiger partial charge in [0.05, 0.1) is 11.7 Å². The number of nitrogens with one attached hydrogen (secondary N) is 1. The molecule has 1 aromatic carbocycles. The van der Waals surface area contributed by atoms with E-state index in [2.05, 4.69) is 15.2 Å². The lowest BCUT2D eigenvalue weighted by Gasteiger charge is -2.33. The van der Waals surface area contributed by atoms with Crippen LogP contribution in [0.2, 0.25) is 0 Å². The predicted molar refractivity (Wildman–Crippen MR) is 125 cm³/mol. The Morgan fingerprint density at radius 2 is 1.69 bits per heavy atom. The minimum atomic E-state index is -3.68. The van der Waals surface area contributed by atoms with E-state index in [4.69, 9.17) is 0 Å². The number of hydrogen-bond acceptors (Lipinski definition) is 5. The molecule has 0 saturated carbocycles. The van der Waals surface area contributed by atoms with Crippen molar-refractivity contribution >= 4 is 21.6 Å². The number of pyridine rings is 1. The summed E-state index contributed by atoms with van der Waals surface area (Å²) in [6, 6.07) is 8.62. The van der Waals surface area contributed by atoms with Gasteiger partial charge in [-0.3, -0.25) is 9.78 Å². The van der Waals surface area contributed by atoms with E-state index in [-0.39, 0.29) is 16.8 Å².